The van der Waals surface area contributed by atoms with Crippen LogP contribution in [0.5, 0.6) is 11.5 Å². The van der Waals surface area contributed by atoms with Gasteiger partial charge in [0.25, 0.3) is 5.91 Å². The van der Waals surface area contributed by atoms with Gasteiger partial charge in [0.15, 0.2) is 0 Å². The van der Waals surface area contributed by atoms with E-state index in [-0.39, 0.29) is 5.91 Å². The lowest BCUT2D eigenvalue weighted by Crippen LogP contribution is -2.13. The van der Waals surface area contributed by atoms with Gasteiger partial charge in [0.1, 0.15) is 18.1 Å². The van der Waals surface area contributed by atoms with Crippen LogP contribution >= 0.6 is 15.9 Å². The summed E-state index contributed by atoms with van der Waals surface area (Å²) in [4.78, 5) is 12.8. The van der Waals surface area contributed by atoms with Crippen molar-refractivity contribution in [1.29, 1.82) is 0 Å². The predicted molar refractivity (Wildman–Crippen MR) is 110 cm³/mol. The molecule has 3 aromatic rings. The van der Waals surface area contributed by atoms with Crippen molar-refractivity contribution in [2.24, 2.45) is 0 Å². The number of benzene rings is 3. The molecule has 27 heavy (non-hydrogen) atoms. The standard InChI is InChI=1S/C22H20BrNO3/c1-2-26-19-11-9-18(10-12-19)24-22(25)20-14-17(23)8-13-21(20)27-15-16-6-4-3-5-7-16/h3-14H,2,15H2,1H3,(H,24,25). The second-order valence-corrected chi connectivity index (χ2v) is 6.74. The number of hydrogen-bond acceptors (Lipinski definition) is 3. The Labute approximate surface area is 167 Å². The van der Waals surface area contributed by atoms with Crippen molar-refractivity contribution >= 4 is 27.5 Å². The second kappa shape index (κ2) is 9.24. The molecule has 0 aliphatic heterocycles. The van der Waals surface area contributed by atoms with Gasteiger partial charge in [-0.3, -0.25) is 4.79 Å². The van der Waals surface area contributed by atoms with Crippen LogP contribution in [0.4, 0.5) is 5.69 Å². The number of rotatable bonds is 7. The molecule has 0 unspecified atom stereocenters. The largest absolute Gasteiger partial charge is 0.494 e. The number of carbonyl (C=O) groups is 1. The number of amides is 1. The number of ether oxygens (including phenoxy) is 2. The van der Waals surface area contributed by atoms with Crippen molar-refractivity contribution in [3.8, 4) is 11.5 Å². The Kier molecular flexibility index (Phi) is 6.49. The van der Waals surface area contributed by atoms with E-state index in [1.165, 1.54) is 0 Å². The van der Waals surface area contributed by atoms with Gasteiger partial charge in [0.2, 0.25) is 0 Å². The highest BCUT2D eigenvalue weighted by Crippen LogP contribution is 2.26. The molecule has 5 heteroatoms. The van der Waals surface area contributed by atoms with E-state index in [0.717, 1.165) is 15.8 Å². The molecule has 0 bridgehead atoms. The Hall–Kier alpha value is -2.79. The monoisotopic (exact) mass is 425 g/mol. The molecule has 0 radical (unpaired) electrons. The maximum absolute atomic E-state index is 12.8. The van der Waals surface area contributed by atoms with Crippen LogP contribution in [0.1, 0.15) is 22.8 Å². The molecule has 0 fully saturated rings. The minimum Gasteiger partial charge on any atom is -0.494 e. The molecule has 0 spiro atoms. The molecular formula is C22H20BrNO3. The topological polar surface area (TPSA) is 47.6 Å². The van der Waals surface area contributed by atoms with Crippen molar-refractivity contribution < 1.29 is 14.3 Å². The molecular weight excluding hydrogens is 406 g/mol. The van der Waals surface area contributed by atoms with Gasteiger partial charge in [-0.15, -0.1) is 0 Å². The first-order valence-corrected chi connectivity index (χ1v) is 9.45. The van der Waals surface area contributed by atoms with Crippen LogP contribution in [0, 0.1) is 0 Å². The molecule has 1 N–H and O–H groups in total. The number of nitrogens with one attached hydrogen (secondary N) is 1. The number of carbonyl (C=O) groups excluding carboxylic acids is 1. The number of anilines is 1. The van der Waals surface area contributed by atoms with Crippen LogP contribution in [0.3, 0.4) is 0 Å². The number of hydrogen-bond donors (Lipinski definition) is 1. The Morgan fingerprint density at radius 3 is 2.41 bits per heavy atom. The van der Waals surface area contributed by atoms with Crippen LogP contribution in [0.25, 0.3) is 0 Å². The lowest BCUT2D eigenvalue weighted by atomic mass is 10.1. The minimum atomic E-state index is -0.233. The Bertz CT molecular complexity index is 895. The van der Waals surface area contributed by atoms with Crippen LogP contribution in [0.2, 0.25) is 0 Å². The maximum Gasteiger partial charge on any atom is 0.259 e. The first-order valence-electron chi connectivity index (χ1n) is 8.66. The van der Waals surface area contributed by atoms with Crippen molar-refractivity contribution in [1.82, 2.24) is 0 Å². The molecule has 0 aliphatic carbocycles. The summed E-state index contributed by atoms with van der Waals surface area (Å²) in [5.41, 5.74) is 2.20. The summed E-state index contributed by atoms with van der Waals surface area (Å²) in [5.74, 6) is 1.07. The summed E-state index contributed by atoms with van der Waals surface area (Å²) in [6.07, 6.45) is 0. The SMILES string of the molecule is CCOc1ccc(NC(=O)c2cc(Br)ccc2OCc2ccccc2)cc1. The molecule has 138 valence electrons. The highest BCUT2D eigenvalue weighted by Gasteiger charge is 2.14. The summed E-state index contributed by atoms with van der Waals surface area (Å²) in [5, 5.41) is 2.90. The van der Waals surface area contributed by atoms with Crippen molar-refractivity contribution in [2.75, 3.05) is 11.9 Å². The van der Waals surface area contributed by atoms with Crippen molar-refractivity contribution in [2.45, 2.75) is 13.5 Å². The van der Waals surface area contributed by atoms with E-state index >= 15 is 0 Å². The summed E-state index contributed by atoms with van der Waals surface area (Å²) >= 11 is 3.42. The van der Waals surface area contributed by atoms with Crippen LogP contribution in [0.15, 0.2) is 77.3 Å². The average molecular weight is 426 g/mol. The summed E-state index contributed by atoms with van der Waals surface area (Å²) < 4.78 is 12.1. The van der Waals surface area contributed by atoms with Gasteiger partial charge in [0.05, 0.1) is 12.2 Å². The van der Waals surface area contributed by atoms with Gasteiger partial charge in [0, 0.05) is 10.2 Å². The van der Waals surface area contributed by atoms with Gasteiger partial charge in [-0.05, 0) is 55.0 Å². The van der Waals surface area contributed by atoms with Gasteiger partial charge in [-0.25, -0.2) is 0 Å². The Morgan fingerprint density at radius 2 is 1.70 bits per heavy atom. The predicted octanol–water partition coefficient (Wildman–Crippen LogP) is 5.68. The third-order valence-electron chi connectivity index (χ3n) is 3.85. The molecule has 0 heterocycles. The Morgan fingerprint density at radius 1 is 0.963 bits per heavy atom. The molecule has 3 aromatic carbocycles. The minimum absolute atomic E-state index is 0.233. The van der Waals surface area contributed by atoms with E-state index in [2.05, 4.69) is 21.2 Å². The maximum atomic E-state index is 12.8. The van der Waals surface area contributed by atoms with Crippen LogP contribution in [-0.2, 0) is 6.61 Å². The van der Waals surface area contributed by atoms with Crippen molar-refractivity contribution in [3.05, 3.63) is 88.4 Å². The smallest absolute Gasteiger partial charge is 0.259 e. The molecule has 3 rings (SSSR count). The lowest BCUT2D eigenvalue weighted by molar-refractivity contribution is 0.102. The van der Waals surface area contributed by atoms with E-state index in [9.17, 15) is 4.79 Å². The van der Waals surface area contributed by atoms with Gasteiger partial charge < -0.3 is 14.8 Å². The first kappa shape index (κ1) is 19.0. The molecule has 0 saturated carbocycles. The Balaban J connectivity index is 1.74. The van der Waals surface area contributed by atoms with Gasteiger partial charge in [-0.1, -0.05) is 46.3 Å². The van der Waals surface area contributed by atoms with Gasteiger partial charge in [-0.2, -0.15) is 0 Å². The van der Waals surface area contributed by atoms with E-state index in [1.54, 1.807) is 12.1 Å². The van der Waals surface area contributed by atoms with E-state index < -0.39 is 0 Å². The second-order valence-electron chi connectivity index (χ2n) is 5.83. The zero-order valence-corrected chi connectivity index (χ0v) is 16.5. The number of halogens is 1. The third-order valence-corrected chi connectivity index (χ3v) is 4.34. The molecule has 4 nitrogen and oxygen atoms in total. The fourth-order valence-corrected chi connectivity index (χ4v) is 2.90. The fourth-order valence-electron chi connectivity index (χ4n) is 2.54. The molecule has 0 saturated heterocycles. The van der Waals surface area contributed by atoms with Crippen LogP contribution < -0.4 is 14.8 Å². The summed E-state index contributed by atoms with van der Waals surface area (Å²) in [6, 6.07) is 22.5. The molecule has 0 aromatic heterocycles. The zero-order valence-electron chi connectivity index (χ0n) is 14.9. The van der Waals surface area contributed by atoms with Crippen LogP contribution in [-0.4, -0.2) is 12.5 Å². The first-order chi connectivity index (χ1) is 13.2. The fraction of sp³-hybridized carbons (Fsp3) is 0.136. The van der Waals surface area contributed by atoms with E-state index in [4.69, 9.17) is 9.47 Å². The zero-order chi connectivity index (χ0) is 19.1. The highest BCUT2D eigenvalue weighted by molar-refractivity contribution is 9.10. The average Bonchev–Trinajstić information content (AvgIpc) is 2.69. The summed E-state index contributed by atoms with van der Waals surface area (Å²) in [7, 11) is 0. The van der Waals surface area contributed by atoms with E-state index in [1.807, 2.05) is 67.6 Å². The van der Waals surface area contributed by atoms with Crippen molar-refractivity contribution in [3.63, 3.8) is 0 Å². The third kappa shape index (κ3) is 5.34. The highest BCUT2D eigenvalue weighted by atomic mass is 79.9. The molecule has 0 aliphatic rings. The molecule has 1 amide bonds. The molecule has 0 atom stereocenters. The van der Waals surface area contributed by atoms with E-state index in [0.29, 0.717) is 30.2 Å². The lowest BCUT2D eigenvalue weighted by Gasteiger charge is -2.13. The summed E-state index contributed by atoms with van der Waals surface area (Å²) in [6.45, 7) is 2.93. The quantitative estimate of drug-likeness (QED) is 0.529. The van der Waals surface area contributed by atoms with Gasteiger partial charge >= 0.3 is 0 Å². The normalized spacial score (nSPS) is 10.3.